The van der Waals surface area contributed by atoms with Crippen LogP contribution in [0.4, 0.5) is 0 Å². The Morgan fingerprint density at radius 3 is 2.42 bits per heavy atom. The van der Waals surface area contributed by atoms with Gasteiger partial charge in [0.05, 0.1) is 0 Å². The molecule has 2 nitrogen and oxygen atoms in total. The van der Waals surface area contributed by atoms with Crippen LogP contribution >= 0.6 is 0 Å². The highest BCUT2D eigenvalue weighted by atomic mass is 15.2. The summed E-state index contributed by atoms with van der Waals surface area (Å²) in [6.45, 7) is 7.83. The maximum atomic E-state index is 5.90. The summed E-state index contributed by atoms with van der Waals surface area (Å²) in [7, 11) is 0. The Balaban J connectivity index is 1.90. The van der Waals surface area contributed by atoms with Crippen molar-refractivity contribution in [2.45, 2.75) is 45.1 Å². The molecular formula is C10H22N2. The normalized spacial score (nSPS) is 22.2. The quantitative estimate of drug-likeness (QED) is 0.635. The van der Waals surface area contributed by atoms with E-state index in [1.165, 1.54) is 32.2 Å². The van der Waals surface area contributed by atoms with Crippen LogP contribution in [0, 0.1) is 0 Å². The lowest BCUT2D eigenvalue weighted by molar-refractivity contribution is 0.0822. The molecule has 0 aromatic heterocycles. The molecule has 1 fully saturated rings. The van der Waals surface area contributed by atoms with E-state index in [2.05, 4.69) is 18.7 Å². The zero-order chi connectivity index (χ0) is 9.03. The van der Waals surface area contributed by atoms with E-state index < -0.39 is 0 Å². The van der Waals surface area contributed by atoms with Gasteiger partial charge in [-0.15, -0.1) is 0 Å². The van der Waals surface area contributed by atoms with Crippen LogP contribution in [0.25, 0.3) is 0 Å². The van der Waals surface area contributed by atoms with Crippen molar-refractivity contribution in [3.63, 3.8) is 0 Å². The van der Waals surface area contributed by atoms with E-state index in [1.54, 1.807) is 0 Å². The highest BCUT2D eigenvalue weighted by Crippen LogP contribution is 2.17. The molecule has 1 heterocycles. The highest BCUT2D eigenvalue weighted by Gasteiger charge is 2.33. The molecule has 2 heteroatoms. The third kappa shape index (κ3) is 3.11. The van der Waals surface area contributed by atoms with Gasteiger partial charge in [-0.3, -0.25) is 4.90 Å². The van der Waals surface area contributed by atoms with Gasteiger partial charge >= 0.3 is 0 Å². The minimum absolute atomic E-state index is 0.116. The molecule has 12 heavy (non-hydrogen) atoms. The van der Waals surface area contributed by atoms with Gasteiger partial charge in [0.25, 0.3) is 0 Å². The number of rotatable bonds is 5. The molecule has 1 aliphatic rings. The van der Waals surface area contributed by atoms with Gasteiger partial charge in [-0.1, -0.05) is 26.2 Å². The minimum atomic E-state index is 0.116. The maximum absolute atomic E-state index is 5.90. The van der Waals surface area contributed by atoms with Crippen molar-refractivity contribution >= 4 is 0 Å². The predicted octanol–water partition coefficient (Wildman–Crippen LogP) is 1.60. The van der Waals surface area contributed by atoms with E-state index in [-0.39, 0.29) is 5.54 Å². The number of hydrogen-bond donors (Lipinski definition) is 1. The summed E-state index contributed by atoms with van der Waals surface area (Å²) in [6, 6.07) is 0. The SMILES string of the molecule is CCCCCCN1CC(C)(N)C1. The lowest BCUT2D eigenvalue weighted by atomic mass is 9.93. The number of likely N-dealkylation sites (tertiary alicyclic amines) is 1. The van der Waals surface area contributed by atoms with Gasteiger partial charge in [0, 0.05) is 18.6 Å². The molecule has 0 bridgehead atoms. The zero-order valence-corrected chi connectivity index (χ0v) is 8.47. The van der Waals surface area contributed by atoms with E-state index in [0.29, 0.717) is 0 Å². The summed E-state index contributed by atoms with van der Waals surface area (Å²) >= 11 is 0. The Morgan fingerprint density at radius 1 is 1.25 bits per heavy atom. The van der Waals surface area contributed by atoms with Crippen molar-refractivity contribution in [2.75, 3.05) is 19.6 Å². The summed E-state index contributed by atoms with van der Waals surface area (Å²) in [5.74, 6) is 0. The van der Waals surface area contributed by atoms with Crippen LogP contribution in [-0.4, -0.2) is 30.1 Å². The van der Waals surface area contributed by atoms with Gasteiger partial charge < -0.3 is 5.73 Å². The predicted molar refractivity (Wildman–Crippen MR) is 53.2 cm³/mol. The van der Waals surface area contributed by atoms with Gasteiger partial charge in [-0.2, -0.15) is 0 Å². The van der Waals surface area contributed by atoms with Gasteiger partial charge in [-0.05, 0) is 19.9 Å². The number of hydrogen-bond acceptors (Lipinski definition) is 2. The fourth-order valence-electron chi connectivity index (χ4n) is 1.90. The highest BCUT2D eigenvalue weighted by molar-refractivity contribution is 4.95. The minimum Gasteiger partial charge on any atom is -0.323 e. The Labute approximate surface area is 76.1 Å². The molecule has 0 amide bonds. The van der Waals surface area contributed by atoms with Crippen molar-refractivity contribution in [1.29, 1.82) is 0 Å². The van der Waals surface area contributed by atoms with E-state index >= 15 is 0 Å². The average Bonchev–Trinajstić information content (AvgIpc) is 1.94. The van der Waals surface area contributed by atoms with Crippen LogP contribution in [-0.2, 0) is 0 Å². The first-order chi connectivity index (χ1) is 5.64. The smallest absolute Gasteiger partial charge is 0.0383 e. The Kier molecular flexibility index (Phi) is 3.53. The van der Waals surface area contributed by atoms with Crippen molar-refractivity contribution in [1.82, 2.24) is 4.90 Å². The summed E-state index contributed by atoms with van der Waals surface area (Å²) in [5.41, 5.74) is 6.02. The second-order valence-electron chi connectivity index (χ2n) is 4.43. The van der Waals surface area contributed by atoms with E-state index in [4.69, 9.17) is 5.73 Å². The van der Waals surface area contributed by atoms with Gasteiger partial charge in [0.15, 0.2) is 0 Å². The molecule has 1 saturated heterocycles. The fourth-order valence-corrected chi connectivity index (χ4v) is 1.90. The Morgan fingerprint density at radius 2 is 1.92 bits per heavy atom. The molecule has 2 N–H and O–H groups in total. The molecule has 1 aliphatic heterocycles. The molecule has 0 radical (unpaired) electrons. The van der Waals surface area contributed by atoms with Crippen LogP contribution in [0.5, 0.6) is 0 Å². The van der Waals surface area contributed by atoms with Crippen LogP contribution in [0.2, 0.25) is 0 Å². The molecular weight excluding hydrogens is 148 g/mol. The van der Waals surface area contributed by atoms with Crippen molar-refractivity contribution < 1.29 is 0 Å². The van der Waals surface area contributed by atoms with E-state index in [0.717, 1.165) is 13.1 Å². The van der Waals surface area contributed by atoms with E-state index in [9.17, 15) is 0 Å². The largest absolute Gasteiger partial charge is 0.323 e. The third-order valence-electron chi connectivity index (χ3n) is 2.50. The second kappa shape index (κ2) is 4.24. The van der Waals surface area contributed by atoms with Gasteiger partial charge in [-0.25, -0.2) is 0 Å². The average molecular weight is 170 g/mol. The van der Waals surface area contributed by atoms with Gasteiger partial charge in [0.1, 0.15) is 0 Å². The molecule has 1 rings (SSSR count). The Bertz CT molecular complexity index is 124. The van der Waals surface area contributed by atoms with Crippen LogP contribution in [0.3, 0.4) is 0 Å². The summed E-state index contributed by atoms with van der Waals surface area (Å²) in [6.07, 6.45) is 5.44. The monoisotopic (exact) mass is 170 g/mol. The second-order valence-corrected chi connectivity index (χ2v) is 4.43. The lowest BCUT2D eigenvalue weighted by Gasteiger charge is -2.45. The number of nitrogens with zero attached hydrogens (tertiary/aromatic N) is 1. The summed E-state index contributed by atoms with van der Waals surface area (Å²) in [5, 5.41) is 0. The fraction of sp³-hybridized carbons (Fsp3) is 1.00. The van der Waals surface area contributed by atoms with Crippen LogP contribution < -0.4 is 5.73 Å². The first kappa shape index (κ1) is 10.0. The van der Waals surface area contributed by atoms with Gasteiger partial charge in [0.2, 0.25) is 0 Å². The standard InChI is InChI=1S/C10H22N2/c1-3-4-5-6-7-12-8-10(2,11)9-12/h3-9,11H2,1-2H3. The third-order valence-corrected chi connectivity index (χ3v) is 2.50. The Hall–Kier alpha value is -0.0800. The van der Waals surface area contributed by atoms with E-state index in [1.807, 2.05) is 0 Å². The molecule has 0 aromatic rings. The summed E-state index contributed by atoms with van der Waals surface area (Å²) < 4.78 is 0. The summed E-state index contributed by atoms with van der Waals surface area (Å²) in [4.78, 5) is 2.45. The number of nitrogens with two attached hydrogens (primary N) is 1. The van der Waals surface area contributed by atoms with Crippen molar-refractivity contribution in [3.05, 3.63) is 0 Å². The van der Waals surface area contributed by atoms with Crippen LogP contribution in [0.15, 0.2) is 0 Å². The first-order valence-corrected chi connectivity index (χ1v) is 5.15. The molecule has 0 aromatic carbocycles. The topological polar surface area (TPSA) is 29.3 Å². The molecule has 0 saturated carbocycles. The van der Waals surface area contributed by atoms with Crippen molar-refractivity contribution in [2.24, 2.45) is 5.73 Å². The lowest BCUT2D eigenvalue weighted by Crippen LogP contribution is -2.65. The first-order valence-electron chi connectivity index (χ1n) is 5.15. The van der Waals surface area contributed by atoms with Crippen LogP contribution in [0.1, 0.15) is 39.5 Å². The molecule has 0 aliphatic carbocycles. The molecule has 0 unspecified atom stereocenters. The number of unbranched alkanes of at least 4 members (excludes halogenated alkanes) is 3. The molecule has 0 spiro atoms. The molecule has 72 valence electrons. The zero-order valence-electron chi connectivity index (χ0n) is 8.47. The van der Waals surface area contributed by atoms with Crippen molar-refractivity contribution in [3.8, 4) is 0 Å². The molecule has 0 atom stereocenters. The maximum Gasteiger partial charge on any atom is 0.0383 e.